The molecule has 0 aliphatic rings. The molecule has 0 amide bonds. The van der Waals surface area contributed by atoms with Crippen LogP contribution in [0.4, 0.5) is 5.69 Å². The molecular weight excluding hydrogens is 1910 g/mol. The molecule has 5 N–H and O–H groups in total. The van der Waals surface area contributed by atoms with E-state index in [-0.39, 0.29) is 108 Å². The molecule has 0 spiro atoms. The number of aromatic nitrogens is 5. The summed E-state index contributed by atoms with van der Waals surface area (Å²) < 4.78 is 39.6. The zero-order valence-electron chi connectivity index (χ0n) is 72.5. The molecule has 21 rings (SSSR count). The van der Waals surface area contributed by atoms with E-state index in [0.29, 0.717) is 95.6 Å². The van der Waals surface area contributed by atoms with Crippen LogP contribution in [-0.4, -0.2) is 60.4 Å². The summed E-state index contributed by atoms with van der Waals surface area (Å²) in [6, 6.07) is 77.8. The highest BCUT2D eigenvalue weighted by molar-refractivity contribution is 8.00. The van der Waals surface area contributed by atoms with Crippen LogP contribution in [0.1, 0.15) is 5.56 Å². The maximum atomic E-state index is 13.6. The van der Waals surface area contributed by atoms with Crippen LogP contribution in [0.25, 0.3) is 115 Å². The van der Waals surface area contributed by atoms with Crippen LogP contribution < -0.4 is 60.7 Å². The number of nitro benzene ring substituents is 1. The maximum Gasteiger partial charge on any atom is 0.354 e. The lowest BCUT2D eigenvalue weighted by molar-refractivity contribution is -0.384. The van der Waals surface area contributed by atoms with Crippen molar-refractivity contribution in [1.29, 1.82) is 0 Å². The number of non-ortho nitro benzene ring substituents is 1. The number of hydrogen-bond acceptors (Lipinski definition) is 28. The highest BCUT2D eigenvalue weighted by atomic mass is 35.5. The minimum Gasteiger partial charge on any atom is -0.505 e. The minimum absolute atomic E-state index is 0.00155. The van der Waals surface area contributed by atoms with Gasteiger partial charge in [0.25, 0.3) is 33.5 Å². The summed E-state index contributed by atoms with van der Waals surface area (Å²) in [5.74, 6) is -1.28. The molecule has 0 aliphatic carbocycles. The first-order chi connectivity index (χ1) is 66.4. The zero-order valence-corrected chi connectivity index (χ0v) is 78.1. The fourth-order valence-electron chi connectivity index (χ4n) is 15.3. The second-order valence-corrected chi connectivity index (χ2v) is 36.8. The zero-order chi connectivity index (χ0) is 97.5. The van der Waals surface area contributed by atoms with E-state index in [2.05, 4.69) is 0 Å². The molecular formula is C102H68Cl2N6O23S5. The number of ether oxygens (including phenoxy) is 1. The molecule has 10 heterocycles. The van der Waals surface area contributed by atoms with Crippen molar-refractivity contribution < 1.29 is 57.3 Å². The van der Waals surface area contributed by atoms with Crippen molar-refractivity contribution >= 4 is 197 Å². The number of fused-ring (bicyclic) bond motifs is 15. The molecule has 10 aromatic heterocycles. The van der Waals surface area contributed by atoms with Crippen molar-refractivity contribution in [2.75, 3.05) is 7.11 Å². The number of aromatic hydroxyl groups is 5. The van der Waals surface area contributed by atoms with E-state index in [0.717, 1.165) is 69.3 Å². The van der Waals surface area contributed by atoms with Gasteiger partial charge in [-0.3, -0.25) is 38.7 Å². The largest absolute Gasteiger partial charge is 0.505 e. The van der Waals surface area contributed by atoms with Crippen LogP contribution >= 0.6 is 82.0 Å². The molecule has 688 valence electrons. The standard InChI is InChI=1S/C24H14N2O6S.C20H15NO5S.C20H15NO4S.2C19H12ClNO4S/c27-20-19-21(32-24(29)22(20)33-16-12-10-15(11-13-16)26(30)31)17-8-4-5-9-18(17)25(23(19)28)14-6-2-1-3-7-14;1-21-14-6-4-3-5-13(14)17-15(19(21)23)16(22)18(20(24)26-17)27-12-9-7-11(25-2)8-10-12;1-11-7-9-12(10-8-11)26-18-16(22)15-17(25-20(18)24)13-5-3-4-6-14(13)21(2)19(15)23;1-21-13-8-3-2-7-12(13)16-14(18(21)23)15(22)17(19(24)25-16)26-11-6-4-5-10(20)9-11;1-21-13-5-3-2-4-12(13)16-14(18(21)23)15(22)17(19(24)25-16)26-11-8-6-10(20)7-9-11/h1-13,27H;3-10,22H,1-2H3;3-10,22H,1-2H3;2*2-9,22H,1H3. The molecule has 0 atom stereocenters. The van der Waals surface area contributed by atoms with Crippen LogP contribution in [0.3, 0.4) is 0 Å². The number of methoxy groups -OCH3 is 1. The predicted octanol–water partition coefficient (Wildman–Crippen LogP) is 20.5. The molecule has 0 fully saturated rings. The molecule has 0 saturated heterocycles. The molecule has 0 bridgehead atoms. The van der Waals surface area contributed by atoms with Gasteiger partial charge >= 0.3 is 28.1 Å². The van der Waals surface area contributed by atoms with Gasteiger partial charge in [-0.25, -0.2) is 24.0 Å². The Labute approximate surface area is 805 Å². The molecule has 0 unspecified atom stereocenters. The Hall–Kier alpha value is -16.0. The third-order valence-corrected chi connectivity index (χ3v) is 27.9. The van der Waals surface area contributed by atoms with Crippen LogP contribution in [0.15, 0.2) is 392 Å². The van der Waals surface area contributed by atoms with Crippen LogP contribution in [0, 0.1) is 17.0 Å². The smallest absolute Gasteiger partial charge is 0.354 e. The lowest BCUT2D eigenvalue weighted by Crippen LogP contribution is -2.20. The first kappa shape index (κ1) is 93.8. The van der Waals surface area contributed by atoms with Gasteiger partial charge in [-0.05, 0) is 171 Å². The molecule has 0 radical (unpaired) electrons. The van der Waals surface area contributed by atoms with Crippen molar-refractivity contribution in [1.82, 2.24) is 22.8 Å². The molecule has 0 aliphatic heterocycles. The Balaban J connectivity index is 0.000000120. The average Bonchev–Trinajstić information content (AvgIpc) is 0.727. The number of hydrogen-bond donors (Lipinski definition) is 5. The summed E-state index contributed by atoms with van der Waals surface area (Å²) in [5.41, 5.74) is -0.879. The number of nitrogens with zero attached hydrogens (tertiary/aromatic N) is 6. The van der Waals surface area contributed by atoms with Gasteiger partial charge in [0.1, 0.15) is 57.2 Å². The highest BCUT2D eigenvalue weighted by Gasteiger charge is 2.29. The molecule has 11 aromatic carbocycles. The van der Waals surface area contributed by atoms with Crippen molar-refractivity contribution in [2.45, 2.75) is 55.9 Å². The fourth-order valence-corrected chi connectivity index (χ4v) is 19.9. The lowest BCUT2D eigenvalue weighted by atomic mass is 10.1. The van der Waals surface area contributed by atoms with E-state index in [9.17, 15) is 83.6 Å². The Morgan fingerprint density at radius 3 is 0.906 bits per heavy atom. The van der Waals surface area contributed by atoms with Gasteiger partial charge < -0.3 is 70.6 Å². The van der Waals surface area contributed by atoms with Crippen molar-refractivity contribution in [3.05, 3.63) is 403 Å². The second-order valence-electron chi connectivity index (χ2n) is 30.5. The predicted molar refractivity (Wildman–Crippen MR) is 536 cm³/mol. The third kappa shape index (κ3) is 18.0. The summed E-state index contributed by atoms with van der Waals surface area (Å²) in [6.45, 7) is 1.96. The van der Waals surface area contributed by atoms with Crippen molar-refractivity contribution in [3.63, 3.8) is 0 Å². The van der Waals surface area contributed by atoms with Gasteiger partial charge in [0.2, 0.25) is 0 Å². The van der Waals surface area contributed by atoms with Gasteiger partial charge in [-0.2, -0.15) is 0 Å². The maximum absolute atomic E-state index is 13.6. The summed E-state index contributed by atoms with van der Waals surface area (Å²) in [5, 5.41) is 68.5. The molecule has 36 heteroatoms. The number of para-hydroxylation sites is 6. The van der Waals surface area contributed by atoms with Crippen LogP contribution in [0.5, 0.6) is 34.5 Å². The SMILES string of the molecule is COc1ccc(Sc2c(O)c3c(=O)n(C)c4ccccc4c3oc2=O)cc1.Cc1ccc(Sc2c(O)c3c(=O)n(C)c4ccccc4c3oc2=O)cc1.Cn1c(=O)c2c(O)c(Sc3ccc(Cl)cc3)c(=O)oc2c2ccccc21.Cn1c(=O)c2c(O)c(Sc3cccc(Cl)c3)c(=O)oc2c2ccccc21.O=c1oc2c(c(O)c1Sc1ccc([N+](=O)[O-])cc1)c(=O)n(-c1ccccc1)c1ccccc21. The number of halogens is 2. The average molecular weight is 1980 g/mol. The quantitative estimate of drug-likeness (QED) is 0.0406. The lowest BCUT2D eigenvalue weighted by Gasteiger charge is -2.14. The minimum atomic E-state index is -0.814. The molecule has 0 saturated carbocycles. The van der Waals surface area contributed by atoms with E-state index in [1.54, 1.807) is 254 Å². The summed E-state index contributed by atoms with van der Waals surface area (Å²) >= 11 is 16.8. The first-order valence-corrected chi connectivity index (χ1v) is 46.1. The van der Waals surface area contributed by atoms with E-state index in [1.807, 2.05) is 37.3 Å². The van der Waals surface area contributed by atoms with E-state index in [1.165, 1.54) is 47.1 Å². The van der Waals surface area contributed by atoms with Crippen molar-refractivity contribution in [2.24, 2.45) is 28.2 Å². The summed E-state index contributed by atoms with van der Waals surface area (Å²) in [7, 11) is 8.03. The fraction of sp³-hybridized carbons (Fsp3) is 0.0588. The normalized spacial score (nSPS) is 11.2. The van der Waals surface area contributed by atoms with Gasteiger partial charge in [-0.15, -0.1) is 0 Å². The molecule has 138 heavy (non-hydrogen) atoms. The van der Waals surface area contributed by atoms with Crippen molar-refractivity contribution in [3.8, 4) is 40.2 Å². The third-order valence-electron chi connectivity index (χ3n) is 22.1. The monoisotopic (exact) mass is 1970 g/mol. The van der Waals surface area contributed by atoms with Gasteiger partial charge in [-0.1, -0.05) is 185 Å². The molecule has 29 nitrogen and oxygen atoms in total. The number of aryl methyl sites for hydroxylation is 5. The summed E-state index contributed by atoms with van der Waals surface area (Å²) in [6.07, 6.45) is 0. The molecule has 21 aromatic rings. The van der Waals surface area contributed by atoms with Crippen LogP contribution in [-0.2, 0) is 28.2 Å². The number of rotatable bonds is 13. The Morgan fingerprint density at radius 1 is 0.312 bits per heavy atom. The first-order valence-electron chi connectivity index (χ1n) is 41.2. The van der Waals surface area contributed by atoms with Gasteiger partial charge in [0.15, 0.2) is 56.7 Å². The number of nitro groups is 1. The highest BCUT2D eigenvalue weighted by Crippen LogP contribution is 2.44. The van der Waals surface area contributed by atoms with E-state index >= 15 is 0 Å². The Kier molecular flexibility index (Phi) is 26.6. The van der Waals surface area contributed by atoms with Gasteiger partial charge in [0, 0.05) is 107 Å². The topological polar surface area (TPSA) is 415 Å². The van der Waals surface area contributed by atoms with Crippen LogP contribution in [0.2, 0.25) is 10.0 Å². The van der Waals surface area contributed by atoms with Gasteiger partial charge in [0.05, 0.1) is 39.6 Å². The number of pyridine rings is 5. The Morgan fingerprint density at radius 2 is 0.587 bits per heavy atom. The summed E-state index contributed by atoms with van der Waals surface area (Å²) in [4.78, 5) is 141. The second kappa shape index (κ2) is 39.2. The number of benzene rings is 11. The van der Waals surface area contributed by atoms with E-state index in [4.69, 9.17) is 50.0 Å². The Bertz CT molecular complexity index is 9050. The van der Waals surface area contributed by atoms with E-state index < -0.39 is 66.6 Å².